The Hall–Kier alpha value is -2.30. The number of pyridine rings is 1. The van der Waals surface area contributed by atoms with Crippen molar-refractivity contribution in [2.24, 2.45) is 0 Å². The van der Waals surface area contributed by atoms with Gasteiger partial charge in [-0.05, 0) is 36.6 Å². The molecule has 0 bridgehead atoms. The van der Waals surface area contributed by atoms with Crippen LogP contribution in [-0.4, -0.2) is 38.8 Å². The summed E-state index contributed by atoms with van der Waals surface area (Å²) in [4.78, 5) is 27.2. The van der Waals surface area contributed by atoms with Crippen molar-refractivity contribution in [1.82, 2.24) is 19.9 Å². The Balaban J connectivity index is 1.72. The molecule has 0 radical (unpaired) electrons. The molecule has 0 N–H and O–H groups in total. The molecule has 0 unspecified atom stereocenters. The number of nitrogens with zero attached hydrogens (tertiary/aromatic N) is 4. The number of amides is 1. The van der Waals surface area contributed by atoms with Gasteiger partial charge in [0, 0.05) is 37.6 Å². The van der Waals surface area contributed by atoms with E-state index in [0.29, 0.717) is 12.2 Å². The number of likely N-dealkylation sites (tertiary alicyclic amines) is 1. The van der Waals surface area contributed by atoms with Gasteiger partial charge >= 0.3 is 0 Å². The second-order valence-corrected chi connectivity index (χ2v) is 5.25. The smallest absolute Gasteiger partial charge is 0.272 e. The molecule has 0 aromatic carbocycles. The van der Waals surface area contributed by atoms with Gasteiger partial charge in [0.2, 0.25) is 0 Å². The van der Waals surface area contributed by atoms with Crippen LogP contribution in [0, 0.1) is 0 Å². The van der Waals surface area contributed by atoms with Crippen molar-refractivity contribution in [1.29, 1.82) is 0 Å². The van der Waals surface area contributed by atoms with Crippen LogP contribution in [0.25, 0.3) is 0 Å². The number of aromatic nitrogens is 3. The van der Waals surface area contributed by atoms with Gasteiger partial charge < -0.3 is 4.90 Å². The Labute approximate surface area is 124 Å². The fourth-order valence-corrected chi connectivity index (χ4v) is 2.65. The van der Waals surface area contributed by atoms with Crippen molar-refractivity contribution in [3.8, 4) is 0 Å². The lowest BCUT2D eigenvalue weighted by Gasteiger charge is -2.16. The minimum atomic E-state index is 0.00345. The van der Waals surface area contributed by atoms with E-state index >= 15 is 0 Å². The summed E-state index contributed by atoms with van der Waals surface area (Å²) >= 11 is 0. The van der Waals surface area contributed by atoms with Crippen LogP contribution in [0.5, 0.6) is 0 Å². The predicted octanol–water partition coefficient (Wildman–Crippen LogP) is 2.06. The summed E-state index contributed by atoms with van der Waals surface area (Å²) < 4.78 is 0. The highest BCUT2D eigenvalue weighted by Crippen LogP contribution is 2.25. The SMILES string of the molecule is CCc1ccnc(C(=O)N2CC[C@H](c3ncccn3)C2)c1. The molecule has 5 nitrogen and oxygen atoms in total. The summed E-state index contributed by atoms with van der Waals surface area (Å²) in [5.41, 5.74) is 1.67. The molecule has 3 heterocycles. The molecule has 2 aromatic rings. The van der Waals surface area contributed by atoms with E-state index in [9.17, 15) is 4.79 Å². The van der Waals surface area contributed by atoms with E-state index in [2.05, 4.69) is 21.9 Å². The molecule has 1 amide bonds. The van der Waals surface area contributed by atoms with Crippen molar-refractivity contribution in [3.63, 3.8) is 0 Å². The predicted molar refractivity (Wildman–Crippen MR) is 78.9 cm³/mol. The second-order valence-electron chi connectivity index (χ2n) is 5.25. The molecule has 5 heteroatoms. The van der Waals surface area contributed by atoms with Gasteiger partial charge in [-0.3, -0.25) is 9.78 Å². The third-order valence-electron chi connectivity index (χ3n) is 3.88. The van der Waals surface area contributed by atoms with Crippen LogP contribution in [0.4, 0.5) is 0 Å². The summed E-state index contributed by atoms with van der Waals surface area (Å²) in [6, 6.07) is 5.64. The fourth-order valence-electron chi connectivity index (χ4n) is 2.65. The zero-order chi connectivity index (χ0) is 14.7. The van der Waals surface area contributed by atoms with E-state index in [1.807, 2.05) is 23.1 Å². The average Bonchev–Trinajstić information content (AvgIpc) is 3.05. The lowest BCUT2D eigenvalue weighted by molar-refractivity contribution is 0.0784. The van der Waals surface area contributed by atoms with Crippen LogP contribution in [0.1, 0.15) is 41.1 Å². The number of carbonyl (C=O) groups is 1. The molecule has 1 atom stereocenters. The molecule has 1 aliphatic rings. The zero-order valence-electron chi connectivity index (χ0n) is 12.1. The van der Waals surface area contributed by atoms with E-state index in [-0.39, 0.29) is 11.8 Å². The first kappa shape index (κ1) is 13.7. The summed E-state index contributed by atoms with van der Waals surface area (Å²) in [7, 11) is 0. The van der Waals surface area contributed by atoms with E-state index in [1.165, 1.54) is 0 Å². The van der Waals surface area contributed by atoms with E-state index < -0.39 is 0 Å². The lowest BCUT2D eigenvalue weighted by atomic mass is 10.1. The van der Waals surface area contributed by atoms with Crippen LogP contribution >= 0.6 is 0 Å². The van der Waals surface area contributed by atoms with Gasteiger partial charge in [0.05, 0.1) is 0 Å². The third-order valence-corrected chi connectivity index (χ3v) is 3.88. The van der Waals surface area contributed by atoms with Crippen molar-refractivity contribution in [2.45, 2.75) is 25.7 Å². The summed E-state index contributed by atoms with van der Waals surface area (Å²) in [6.07, 6.45) is 7.02. The maximum atomic E-state index is 12.5. The Kier molecular flexibility index (Phi) is 3.90. The minimum absolute atomic E-state index is 0.00345. The van der Waals surface area contributed by atoms with Gasteiger partial charge in [0.1, 0.15) is 11.5 Å². The monoisotopic (exact) mass is 282 g/mol. The van der Waals surface area contributed by atoms with Gasteiger partial charge in [0.15, 0.2) is 0 Å². The Morgan fingerprint density at radius 3 is 2.86 bits per heavy atom. The van der Waals surface area contributed by atoms with Crippen molar-refractivity contribution < 1.29 is 4.79 Å². The quantitative estimate of drug-likeness (QED) is 0.864. The van der Waals surface area contributed by atoms with Gasteiger partial charge in [-0.1, -0.05) is 6.92 Å². The zero-order valence-corrected chi connectivity index (χ0v) is 12.1. The fraction of sp³-hybridized carbons (Fsp3) is 0.375. The first-order valence-corrected chi connectivity index (χ1v) is 7.29. The first-order chi connectivity index (χ1) is 10.3. The van der Waals surface area contributed by atoms with Crippen LogP contribution in [0.15, 0.2) is 36.8 Å². The summed E-state index contributed by atoms with van der Waals surface area (Å²) in [5, 5.41) is 0. The van der Waals surface area contributed by atoms with E-state index in [4.69, 9.17) is 0 Å². The Morgan fingerprint density at radius 2 is 2.10 bits per heavy atom. The number of aryl methyl sites for hydroxylation is 1. The molecule has 0 aliphatic carbocycles. The van der Waals surface area contributed by atoms with Crippen molar-refractivity contribution in [3.05, 3.63) is 53.9 Å². The minimum Gasteiger partial charge on any atom is -0.337 e. The number of hydrogen-bond donors (Lipinski definition) is 0. The van der Waals surface area contributed by atoms with Gasteiger partial charge in [0.25, 0.3) is 5.91 Å². The molecule has 0 saturated carbocycles. The number of hydrogen-bond acceptors (Lipinski definition) is 4. The van der Waals surface area contributed by atoms with E-state index in [1.54, 1.807) is 18.6 Å². The van der Waals surface area contributed by atoms with Gasteiger partial charge in [-0.2, -0.15) is 0 Å². The summed E-state index contributed by atoms with van der Waals surface area (Å²) in [5.74, 6) is 1.05. The molecular formula is C16H18N4O. The molecule has 21 heavy (non-hydrogen) atoms. The first-order valence-electron chi connectivity index (χ1n) is 7.29. The maximum Gasteiger partial charge on any atom is 0.272 e. The molecule has 1 saturated heterocycles. The maximum absolute atomic E-state index is 12.5. The van der Waals surface area contributed by atoms with Crippen molar-refractivity contribution in [2.75, 3.05) is 13.1 Å². The Bertz CT molecular complexity index is 629. The average molecular weight is 282 g/mol. The van der Waals surface area contributed by atoms with Crippen LogP contribution in [0.3, 0.4) is 0 Å². The second kappa shape index (κ2) is 5.99. The highest BCUT2D eigenvalue weighted by Gasteiger charge is 2.29. The lowest BCUT2D eigenvalue weighted by Crippen LogP contribution is -2.29. The highest BCUT2D eigenvalue weighted by atomic mass is 16.2. The molecule has 3 rings (SSSR count). The summed E-state index contributed by atoms with van der Waals surface area (Å²) in [6.45, 7) is 3.48. The van der Waals surface area contributed by atoms with E-state index in [0.717, 1.165) is 30.8 Å². The largest absolute Gasteiger partial charge is 0.337 e. The molecule has 108 valence electrons. The number of carbonyl (C=O) groups excluding carboxylic acids is 1. The molecule has 1 fully saturated rings. The topological polar surface area (TPSA) is 59.0 Å². The van der Waals surface area contributed by atoms with Crippen LogP contribution < -0.4 is 0 Å². The van der Waals surface area contributed by atoms with Crippen LogP contribution in [-0.2, 0) is 6.42 Å². The van der Waals surface area contributed by atoms with Crippen molar-refractivity contribution >= 4 is 5.91 Å². The van der Waals surface area contributed by atoms with Gasteiger partial charge in [-0.15, -0.1) is 0 Å². The normalized spacial score (nSPS) is 18.0. The third kappa shape index (κ3) is 2.91. The molecular weight excluding hydrogens is 264 g/mol. The van der Waals surface area contributed by atoms with Gasteiger partial charge in [-0.25, -0.2) is 9.97 Å². The molecule has 1 aliphatic heterocycles. The Morgan fingerprint density at radius 1 is 1.29 bits per heavy atom. The molecule has 2 aromatic heterocycles. The molecule has 0 spiro atoms. The highest BCUT2D eigenvalue weighted by molar-refractivity contribution is 5.92. The van der Waals surface area contributed by atoms with Crippen LogP contribution in [0.2, 0.25) is 0 Å². The number of rotatable bonds is 3. The standard InChI is InChI=1S/C16H18N4O/c1-2-12-4-8-17-14(10-12)16(21)20-9-5-13(11-20)15-18-6-3-7-19-15/h3-4,6-8,10,13H,2,5,9,11H2,1H3/t13-/m0/s1.